The van der Waals surface area contributed by atoms with Crippen molar-refractivity contribution in [1.29, 1.82) is 0 Å². The summed E-state index contributed by atoms with van der Waals surface area (Å²) in [7, 11) is 0. The molecule has 0 aliphatic carbocycles. The Balaban J connectivity index is 3.32. The molecule has 0 bridgehead atoms. The van der Waals surface area contributed by atoms with Gasteiger partial charge in [-0.05, 0) is 18.9 Å². The zero-order chi connectivity index (χ0) is 13.7. The van der Waals surface area contributed by atoms with E-state index in [1.807, 2.05) is 13.0 Å². The number of unbranched alkanes of at least 4 members (excludes halogenated alkanes) is 8. The van der Waals surface area contributed by atoms with Crippen LogP contribution in [0.3, 0.4) is 0 Å². The van der Waals surface area contributed by atoms with Crippen molar-refractivity contribution in [2.45, 2.75) is 90.3 Å². The minimum Gasteiger partial charge on any atom is -0.362 e. The fourth-order valence-corrected chi connectivity index (χ4v) is 2.12. The molecule has 2 N–H and O–H groups in total. The Hall–Kier alpha value is -0.340. The lowest BCUT2D eigenvalue weighted by atomic mass is 10.1. The highest BCUT2D eigenvalue weighted by molar-refractivity contribution is 4.93. The molecule has 18 heavy (non-hydrogen) atoms. The molecule has 0 amide bonds. The highest BCUT2D eigenvalue weighted by Crippen LogP contribution is 2.13. The van der Waals surface area contributed by atoms with Crippen molar-refractivity contribution >= 4 is 0 Å². The van der Waals surface area contributed by atoms with Crippen molar-refractivity contribution in [3.05, 3.63) is 12.2 Å². The third kappa shape index (κ3) is 12.1. The van der Waals surface area contributed by atoms with Crippen LogP contribution in [-0.4, -0.2) is 16.0 Å². The predicted molar refractivity (Wildman–Crippen MR) is 78.4 cm³/mol. The summed E-state index contributed by atoms with van der Waals surface area (Å²) < 4.78 is 0. The normalized spacial score (nSPS) is 12.4. The standard InChI is InChI=1S/C16H32O2/c1-3-5-6-7-8-9-10-11-12-13-15-16(17,18)14-4-2/h13,15,17-18H,3-12,14H2,1-2H3. The molecule has 0 saturated heterocycles. The molecule has 0 saturated carbocycles. The van der Waals surface area contributed by atoms with Gasteiger partial charge in [0.15, 0.2) is 5.79 Å². The molecule has 0 aliphatic heterocycles. The van der Waals surface area contributed by atoms with Gasteiger partial charge in [-0.2, -0.15) is 0 Å². The highest BCUT2D eigenvalue weighted by atomic mass is 16.5. The Kier molecular flexibility index (Phi) is 11.5. The second-order valence-electron chi connectivity index (χ2n) is 5.29. The average molecular weight is 256 g/mol. The van der Waals surface area contributed by atoms with Crippen LogP contribution in [0.4, 0.5) is 0 Å². The van der Waals surface area contributed by atoms with Crippen molar-refractivity contribution < 1.29 is 10.2 Å². The van der Waals surface area contributed by atoms with Gasteiger partial charge in [-0.25, -0.2) is 0 Å². The first kappa shape index (κ1) is 17.7. The van der Waals surface area contributed by atoms with Gasteiger partial charge in [-0.3, -0.25) is 0 Å². The zero-order valence-electron chi connectivity index (χ0n) is 12.3. The summed E-state index contributed by atoms with van der Waals surface area (Å²) in [5, 5.41) is 19.0. The van der Waals surface area contributed by atoms with Crippen molar-refractivity contribution in [3.8, 4) is 0 Å². The minimum absolute atomic E-state index is 0.418. The summed E-state index contributed by atoms with van der Waals surface area (Å²) in [6.07, 6.45) is 16.1. The van der Waals surface area contributed by atoms with Crippen LogP contribution in [-0.2, 0) is 0 Å². The minimum atomic E-state index is -1.59. The molecule has 2 heteroatoms. The Bertz CT molecular complexity index is 197. The molecule has 2 nitrogen and oxygen atoms in total. The summed E-state index contributed by atoms with van der Waals surface area (Å²) in [6.45, 7) is 4.20. The van der Waals surface area contributed by atoms with E-state index >= 15 is 0 Å². The van der Waals surface area contributed by atoms with Crippen LogP contribution in [0, 0.1) is 0 Å². The highest BCUT2D eigenvalue weighted by Gasteiger charge is 2.15. The molecule has 0 aliphatic rings. The maximum atomic E-state index is 9.51. The summed E-state index contributed by atoms with van der Waals surface area (Å²) in [4.78, 5) is 0. The average Bonchev–Trinajstić information content (AvgIpc) is 2.31. The smallest absolute Gasteiger partial charge is 0.182 e. The van der Waals surface area contributed by atoms with Crippen LogP contribution < -0.4 is 0 Å². The van der Waals surface area contributed by atoms with Gasteiger partial charge >= 0.3 is 0 Å². The molecule has 0 spiro atoms. The molecular weight excluding hydrogens is 224 g/mol. The molecule has 0 rings (SSSR count). The number of hydrogen-bond acceptors (Lipinski definition) is 2. The van der Waals surface area contributed by atoms with E-state index in [0.717, 1.165) is 19.3 Å². The molecule has 0 aromatic rings. The van der Waals surface area contributed by atoms with Crippen LogP contribution in [0.1, 0.15) is 84.5 Å². The number of aliphatic hydroxyl groups is 2. The fourth-order valence-electron chi connectivity index (χ4n) is 2.12. The fraction of sp³-hybridized carbons (Fsp3) is 0.875. The van der Waals surface area contributed by atoms with Crippen molar-refractivity contribution in [2.75, 3.05) is 0 Å². The third-order valence-corrected chi connectivity index (χ3v) is 3.23. The van der Waals surface area contributed by atoms with E-state index in [2.05, 4.69) is 6.92 Å². The number of rotatable bonds is 12. The Morgan fingerprint density at radius 3 is 1.89 bits per heavy atom. The van der Waals surface area contributed by atoms with Gasteiger partial charge in [0.2, 0.25) is 0 Å². The van der Waals surface area contributed by atoms with E-state index in [1.165, 1.54) is 51.0 Å². The van der Waals surface area contributed by atoms with E-state index in [4.69, 9.17) is 0 Å². The predicted octanol–water partition coefficient (Wildman–Crippen LogP) is 4.55. The van der Waals surface area contributed by atoms with Gasteiger partial charge in [-0.1, -0.05) is 71.3 Å². The molecule has 0 heterocycles. The first-order chi connectivity index (χ1) is 8.62. The van der Waals surface area contributed by atoms with E-state index < -0.39 is 5.79 Å². The molecular formula is C16H32O2. The SMILES string of the molecule is CCCCCCCCCCC=CC(O)(O)CCC. The lowest BCUT2D eigenvalue weighted by Crippen LogP contribution is -2.24. The van der Waals surface area contributed by atoms with Crippen LogP contribution in [0.5, 0.6) is 0 Å². The molecule has 0 fully saturated rings. The first-order valence-corrected chi connectivity index (χ1v) is 7.75. The summed E-state index contributed by atoms with van der Waals surface area (Å²) in [5.74, 6) is -1.59. The van der Waals surface area contributed by atoms with Gasteiger partial charge in [0, 0.05) is 6.42 Å². The summed E-state index contributed by atoms with van der Waals surface area (Å²) >= 11 is 0. The largest absolute Gasteiger partial charge is 0.362 e. The van der Waals surface area contributed by atoms with Crippen LogP contribution in [0.15, 0.2) is 12.2 Å². The summed E-state index contributed by atoms with van der Waals surface area (Å²) in [6, 6.07) is 0. The van der Waals surface area contributed by atoms with Crippen LogP contribution >= 0.6 is 0 Å². The second-order valence-corrected chi connectivity index (χ2v) is 5.29. The quantitative estimate of drug-likeness (QED) is 0.305. The van der Waals surface area contributed by atoms with Crippen molar-refractivity contribution in [1.82, 2.24) is 0 Å². The van der Waals surface area contributed by atoms with E-state index in [-0.39, 0.29) is 0 Å². The summed E-state index contributed by atoms with van der Waals surface area (Å²) in [5.41, 5.74) is 0. The molecule has 0 atom stereocenters. The maximum absolute atomic E-state index is 9.51. The van der Waals surface area contributed by atoms with E-state index in [1.54, 1.807) is 0 Å². The van der Waals surface area contributed by atoms with Gasteiger partial charge in [0.05, 0.1) is 0 Å². The van der Waals surface area contributed by atoms with Gasteiger partial charge in [0.1, 0.15) is 0 Å². The van der Waals surface area contributed by atoms with Gasteiger partial charge in [-0.15, -0.1) is 0 Å². The Labute approximate surface area is 113 Å². The van der Waals surface area contributed by atoms with Crippen molar-refractivity contribution in [2.24, 2.45) is 0 Å². The topological polar surface area (TPSA) is 40.5 Å². The van der Waals surface area contributed by atoms with E-state index in [0.29, 0.717) is 6.42 Å². The number of allylic oxidation sites excluding steroid dienone is 1. The van der Waals surface area contributed by atoms with Gasteiger partial charge < -0.3 is 10.2 Å². The molecule has 0 radical (unpaired) electrons. The Morgan fingerprint density at radius 2 is 1.33 bits per heavy atom. The second kappa shape index (κ2) is 11.7. The molecule has 0 aromatic carbocycles. The molecule has 0 aromatic heterocycles. The van der Waals surface area contributed by atoms with Crippen molar-refractivity contribution in [3.63, 3.8) is 0 Å². The van der Waals surface area contributed by atoms with Crippen LogP contribution in [0.25, 0.3) is 0 Å². The first-order valence-electron chi connectivity index (χ1n) is 7.75. The van der Waals surface area contributed by atoms with E-state index in [9.17, 15) is 10.2 Å². The van der Waals surface area contributed by atoms with Gasteiger partial charge in [0.25, 0.3) is 0 Å². The number of hydrogen-bond donors (Lipinski definition) is 2. The Morgan fingerprint density at radius 1 is 0.778 bits per heavy atom. The zero-order valence-corrected chi connectivity index (χ0v) is 12.3. The molecule has 0 unspecified atom stereocenters. The monoisotopic (exact) mass is 256 g/mol. The maximum Gasteiger partial charge on any atom is 0.182 e. The van der Waals surface area contributed by atoms with Crippen LogP contribution in [0.2, 0.25) is 0 Å². The lowest BCUT2D eigenvalue weighted by Gasteiger charge is -2.15. The molecule has 108 valence electrons. The third-order valence-electron chi connectivity index (χ3n) is 3.23. The lowest BCUT2D eigenvalue weighted by molar-refractivity contribution is -0.123.